The van der Waals surface area contributed by atoms with Crippen LogP contribution in [-0.2, 0) is 14.9 Å². The van der Waals surface area contributed by atoms with Crippen molar-refractivity contribution in [2.75, 3.05) is 26.4 Å². The Kier molecular flexibility index (Phi) is 5.37. The predicted octanol–water partition coefficient (Wildman–Crippen LogP) is 4.35. The molecule has 0 bridgehead atoms. The van der Waals surface area contributed by atoms with Crippen molar-refractivity contribution in [3.63, 3.8) is 0 Å². The highest BCUT2D eigenvalue weighted by Gasteiger charge is 2.24. The fourth-order valence-corrected chi connectivity index (χ4v) is 3.19. The van der Waals surface area contributed by atoms with Gasteiger partial charge < -0.3 is 18.9 Å². The van der Waals surface area contributed by atoms with Crippen molar-refractivity contribution < 1.29 is 18.9 Å². The lowest BCUT2D eigenvalue weighted by Gasteiger charge is -2.26. The molecule has 4 heteroatoms. The zero-order chi connectivity index (χ0) is 18.7. The summed E-state index contributed by atoms with van der Waals surface area (Å²) in [5.74, 6) is 1.83. The van der Waals surface area contributed by atoms with E-state index in [4.69, 9.17) is 18.9 Å². The minimum Gasteiger partial charge on any atom is -0.493 e. The average molecular weight is 368 g/mol. The van der Waals surface area contributed by atoms with Crippen LogP contribution in [0.3, 0.4) is 0 Å². The van der Waals surface area contributed by atoms with Crippen molar-refractivity contribution in [2.24, 2.45) is 0 Å². The van der Waals surface area contributed by atoms with Crippen LogP contribution in [-0.4, -0.2) is 38.6 Å². The summed E-state index contributed by atoms with van der Waals surface area (Å²) in [5.41, 5.74) is 2.45. The molecule has 2 atom stereocenters. The summed E-state index contributed by atoms with van der Waals surface area (Å²) in [7, 11) is 0. The molecule has 4 rings (SSSR count). The topological polar surface area (TPSA) is 43.5 Å². The number of hydrogen-bond donors (Lipinski definition) is 0. The van der Waals surface area contributed by atoms with Gasteiger partial charge in [0.2, 0.25) is 0 Å². The van der Waals surface area contributed by atoms with Gasteiger partial charge in [0.25, 0.3) is 0 Å². The number of hydrogen-bond acceptors (Lipinski definition) is 4. The second-order valence-corrected chi connectivity index (χ2v) is 7.86. The fraction of sp³-hybridized carbons (Fsp3) is 0.478. The van der Waals surface area contributed by atoms with Crippen LogP contribution in [0.15, 0.2) is 48.5 Å². The lowest BCUT2D eigenvalue weighted by molar-refractivity contribution is 0.283. The molecule has 27 heavy (non-hydrogen) atoms. The van der Waals surface area contributed by atoms with E-state index in [-0.39, 0.29) is 5.41 Å². The summed E-state index contributed by atoms with van der Waals surface area (Å²) in [5, 5.41) is 0. The monoisotopic (exact) mass is 368 g/mol. The zero-order valence-electron chi connectivity index (χ0n) is 16.1. The normalized spacial score (nSPS) is 21.0. The lowest BCUT2D eigenvalue weighted by atomic mass is 9.78. The Morgan fingerprint density at radius 2 is 1.11 bits per heavy atom. The summed E-state index contributed by atoms with van der Waals surface area (Å²) in [6.07, 6.45) is 2.76. The van der Waals surface area contributed by atoms with E-state index in [2.05, 4.69) is 62.4 Å². The van der Waals surface area contributed by atoms with E-state index >= 15 is 0 Å². The largest absolute Gasteiger partial charge is 0.493 e. The van der Waals surface area contributed by atoms with Gasteiger partial charge in [0.1, 0.15) is 11.5 Å². The number of benzene rings is 2. The maximum Gasteiger partial charge on any atom is 0.119 e. The predicted molar refractivity (Wildman–Crippen MR) is 105 cm³/mol. The zero-order valence-corrected chi connectivity index (χ0v) is 16.1. The van der Waals surface area contributed by atoms with Crippen LogP contribution in [0.2, 0.25) is 0 Å². The Bertz CT molecular complexity index is 664. The van der Waals surface area contributed by atoms with Crippen molar-refractivity contribution in [2.45, 2.75) is 44.3 Å². The molecule has 2 unspecified atom stereocenters. The minimum absolute atomic E-state index is 0.0826. The van der Waals surface area contributed by atoms with Gasteiger partial charge >= 0.3 is 0 Å². The second-order valence-electron chi connectivity index (χ2n) is 7.86. The van der Waals surface area contributed by atoms with Crippen LogP contribution in [0.4, 0.5) is 0 Å². The van der Waals surface area contributed by atoms with Crippen molar-refractivity contribution in [3.8, 4) is 11.5 Å². The molecular weight excluding hydrogens is 340 g/mol. The lowest BCUT2D eigenvalue weighted by Crippen LogP contribution is -2.18. The third-order valence-electron chi connectivity index (χ3n) is 5.37. The highest BCUT2D eigenvalue weighted by Crippen LogP contribution is 2.33. The first-order chi connectivity index (χ1) is 13.1. The highest BCUT2D eigenvalue weighted by molar-refractivity contribution is 5.41. The molecular formula is C23H28O4. The van der Waals surface area contributed by atoms with Gasteiger partial charge in [-0.1, -0.05) is 38.1 Å². The van der Waals surface area contributed by atoms with Gasteiger partial charge in [-0.3, -0.25) is 0 Å². The van der Waals surface area contributed by atoms with Crippen molar-refractivity contribution in [1.29, 1.82) is 0 Å². The molecule has 0 saturated carbocycles. The van der Waals surface area contributed by atoms with E-state index in [0.717, 1.165) is 37.6 Å². The standard InChI is InChI=1S/C23H28O4/c1-23(2,17-3-7-19(8-4-17)24-13-11-21-15-26-21)18-5-9-20(10-6-18)25-14-12-22-16-27-22/h3-10,21-22H,11-16H2,1-2H3. The smallest absolute Gasteiger partial charge is 0.119 e. The van der Waals surface area contributed by atoms with Crippen molar-refractivity contribution in [1.82, 2.24) is 0 Å². The molecule has 2 aliphatic rings. The molecule has 2 aromatic carbocycles. The highest BCUT2D eigenvalue weighted by atomic mass is 16.6. The molecule has 2 fully saturated rings. The summed E-state index contributed by atoms with van der Waals surface area (Å²) in [6.45, 7) is 7.68. The first-order valence-electron chi connectivity index (χ1n) is 9.81. The van der Waals surface area contributed by atoms with Gasteiger partial charge in [-0.15, -0.1) is 0 Å². The van der Waals surface area contributed by atoms with Crippen LogP contribution < -0.4 is 9.47 Å². The molecule has 0 N–H and O–H groups in total. The summed E-state index contributed by atoms with van der Waals surface area (Å²) in [4.78, 5) is 0. The van der Waals surface area contributed by atoms with E-state index in [1.165, 1.54) is 11.1 Å². The van der Waals surface area contributed by atoms with Gasteiger partial charge in [-0.2, -0.15) is 0 Å². The number of epoxide rings is 2. The molecule has 144 valence electrons. The molecule has 0 aliphatic carbocycles. The third kappa shape index (κ3) is 5.02. The maximum absolute atomic E-state index is 5.80. The van der Waals surface area contributed by atoms with Gasteiger partial charge in [0.05, 0.1) is 38.6 Å². The van der Waals surface area contributed by atoms with E-state index in [0.29, 0.717) is 25.4 Å². The summed E-state index contributed by atoms with van der Waals surface area (Å²) in [6, 6.07) is 16.9. The van der Waals surface area contributed by atoms with Gasteiger partial charge in [0.15, 0.2) is 0 Å². The van der Waals surface area contributed by atoms with Crippen molar-refractivity contribution in [3.05, 3.63) is 59.7 Å². The number of ether oxygens (including phenoxy) is 4. The molecule has 2 heterocycles. The Morgan fingerprint density at radius 3 is 1.44 bits per heavy atom. The average Bonchev–Trinajstić information content (AvgIpc) is 3.58. The summed E-state index contributed by atoms with van der Waals surface area (Å²) < 4.78 is 22.0. The first kappa shape index (κ1) is 18.3. The van der Waals surface area contributed by atoms with E-state index in [1.54, 1.807) is 0 Å². The van der Waals surface area contributed by atoms with E-state index < -0.39 is 0 Å². The molecule has 0 amide bonds. The van der Waals surface area contributed by atoms with Crippen LogP contribution in [0.5, 0.6) is 11.5 Å². The Morgan fingerprint density at radius 1 is 0.741 bits per heavy atom. The van der Waals surface area contributed by atoms with E-state index in [9.17, 15) is 0 Å². The quantitative estimate of drug-likeness (QED) is 0.585. The third-order valence-corrected chi connectivity index (χ3v) is 5.37. The van der Waals surface area contributed by atoms with Gasteiger partial charge in [0, 0.05) is 18.3 Å². The van der Waals surface area contributed by atoms with Crippen LogP contribution in [0.1, 0.15) is 37.8 Å². The Balaban J connectivity index is 1.34. The first-order valence-corrected chi connectivity index (χ1v) is 9.81. The molecule has 0 spiro atoms. The fourth-order valence-electron chi connectivity index (χ4n) is 3.19. The molecule has 4 nitrogen and oxygen atoms in total. The minimum atomic E-state index is -0.0826. The Hall–Kier alpha value is -2.04. The van der Waals surface area contributed by atoms with Gasteiger partial charge in [-0.25, -0.2) is 0 Å². The van der Waals surface area contributed by atoms with Crippen LogP contribution in [0, 0.1) is 0 Å². The second kappa shape index (κ2) is 7.91. The summed E-state index contributed by atoms with van der Waals surface area (Å²) >= 11 is 0. The SMILES string of the molecule is CC(C)(c1ccc(OCCC2CO2)cc1)c1ccc(OCCC2CO2)cc1. The van der Waals surface area contributed by atoms with Gasteiger partial charge in [-0.05, 0) is 35.4 Å². The van der Waals surface area contributed by atoms with Crippen LogP contribution >= 0.6 is 0 Å². The molecule has 2 saturated heterocycles. The molecule has 2 aromatic rings. The molecule has 2 aliphatic heterocycles. The molecule has 0 radical (unpaired) electrons. The Labute approximate surface area is 161 Å². The van der Waals surface area contributed by atoms with Crippen LogP contribution in [0.25, 0.3) is 0 Å². The number of rotatable bonds is 10. The van der Waals surface area contributed by atoms with E-state index in [1.807, 2.05) is 0 Å². The maximum atomic E-state index is 5.80. The van der Waals surface area contributed by atoms with Crippen molar-refractivity contribution >= 4 is 0 Å². The molecule has 0 aromatic heterocycles.